The lowest BCUT2D eigenvalue weighted by molar-refractivity contribution is 0.110. The van der Waals surface area contributed by atoms with Gasteiger partial charge in [0.1, 0.15) is 0 Å². The summed E-state index contributed by atoms with van der Waals surface area (Å²) in [4.78, 5) is 0.398. The Morgan fingerprint density at radius 3 is 2.43 bits per heavy atom. The fraction of sp³-hybridized carbons (Fsp3) is 0.625. The van der Waals surface area contributed by atoms with Crippen LogP contribution < -0.4 is 5.32 Å². The first-order valence-electron chi connectivity index (χ1n) is 7.60. The normalized spacial score (nSPS) is 11.8. The second-order valence-corrected chi connectivity index (χ2v) is 7.70. The quantitative estimate of drug-likeness (QED) is 0.673. The van der Waals surface area contributed by atoms with E-state index in [1.54, 1.807) is 12.1 Å². The minimum absolute atomic E-state index is 0.201. The first-order chi connectivity index (χ1) is 9.95. The van der Waals surface area contributed by atoms with Gasteiger partial charge in [0.05, 0.1) is 10.6 Å². The topological polar surface area (TPSA) is 55.4 Å². The second-order valence-electron chi connectivity index (χ2n) is 5.59. The molecule has 0 amide bonds. The minimum atomic E-state index is -3.12. The molecule has 0 aromatic heterocycles. The molecule has 5 heteroatoms. The van der Waals surface area contributed by atoms with Crippen LogP contribution in [0.2, 0.25) is 0 Å². The van der Waals surface area contributed by atoms with Crippen LogP contribution in [0, 0.1) is 5.92 Å². The van der Waals surface area contributed by atoms with Crippen LogP contribution in [0.1, 0.15) is 33.6 Å². The number of anilines is 1. The lowest BCUT2D eigenvalue weighted by Crippen LogP contribution is -2.09. The Balaban J connectivity index is 2.35. The summed E-state index contributed by atoms with van der Waals surface area (Å²) in [6.45, 7) is 8.49. The summed E-state index contributed by atoms with van der Waals surface area (Å²) in [5.41, 5.74) is 0.939. The van der Waals surface area contributed by atoms with E-state index in [4.69, 9.17) is 4.74 Å². The molecule has 0 fully saturated rings. The van der Waals surface area contributed by atoms with Gasteiger partial charge in [-0.2, -0.15) is 0 Å². The Kier molecular flexibility index (Phi) is 7.75. The zero-order chi connectivity index (χ0) is 15.7. The van der Waals surface area contributed by atoms with Crippen molar-refractivity contribution in [2.75, 3.05) is 30.8 Å². The van der Waals surface area contributed by atoms with E-state index in [-0.39, 0.29) is 5.75 Å². The standard InChI is InChI=1S/C16H27NO3S/c1-4-12-21(18,19)16-8-6-15(7-9-16)17-10-5-11-20-13-14(2)3/h6-9,14,17H,4-5,10-13H2,1-3H3. The average molecular weight is 313 g/mol. The molecule has 0 unspecified atom stereocenters. The Morgan fingerprint density at radius 2 is 1.86 bits per heavy atom. The van der Waals surface area contributed by atoms with Gasteiger partial charge in [-0.1, -0.05) is 20.8 Å². The highest BCUT2D eigenvalue weighted by Gasteiger charge is 2.12. The molecule has 4 nitrogen and oxygen atoms in total. The van der Waals surface area contributed by atoms with E-state index < -0.39 is 9.84 Å². The van der Waals surface area contributed by atoms with Gasteiger partial charge < -0.3 is 10.1 Å². The maximum atomic E-state index is 11.9. The van der Waals surface area contributed by atoms with Gasteiger partial charge in [0, 0.05) is 25.4 Å². The Labute approximate surface area is 128 Å². The summed E-state index contributed by atoms with van der Waals surface area (Å²) in [6, 6.07) is 6.97. The summed E-state index contributed by atoms with van der Waals surface area (Å²) >= 11 is 0. The van der Waals surface area contributed by atoms with Gasteiger partial charge in [-0.15, -0.1) is 0 Å². The molecule has 0 radical (unpaired) electrons. The number of hydrogen-bond acceptors (Lipinski definition) is 4. The van der Waals surface area contributed by atoms with Crippen LogP contribution in [-0.2, 0) is 14.6 Å². The third-order valence-electron chi connectivity index (χ3n) is 2.93. The van der Waals surface area contributed by atoms with Gasteiger partial charge in [-0.25, -0.2) is 8.42 Å². The SMILES string of the molecule is CCCS(=O)(=O)c1ccc(NCCCOCC(C)C)cc1. The van der Waals surface area contributed by atoms with Crippen molar-refractivity contribution in [3.63, 3.8) is 0 Å². The molecule has 0 heterocycles. The van der Waals surface area contributed by atoms with Gasteiger partial charge in [-0.05, 0) is 43.0 Å². The van der Waals surface area contributed by atoms with E-state index in [1.165, 1.54) is 0 Å². The monoisotopic (exact) mass is 313 g/mol. The van der Waals surface area contributed by atoms with Crippen molar-refractivity contribution in [1.29, 1.82) is 0 Å². The Hall–Kier alpha value is -1.07. The molecule has 0 saturated heterocycles. The molecule has 21 heavy (non-hydrogen) atoms. The van der Waals surface area contributed by atoms with Crippen LogP contribution in [0.4, 0.5) is 5.69 Å². The lowest BCUT2D eigenvalue weighted by Gasteiger charge is -2.09. The molecule has 0 aliphatic heterocycles. The summed E-state index contributed by atoms with van der Waals surface area (Å²) in [7, 11) is -3.12. The van der Waals surface area contributed by atoms with Gasteiger partial charge in [0.2, 0.25) is 0 Å². The van der Waals surface area contributed by atoms with Crippen molar-refractivity contribution in [1.82, 2.24) is 0 Å². The number of rotatable bonds is 10. The molecule has 0 saturated carbocycles. The van der Waals surface area contributed by atoms with Crippen molar-refractivity contribution in [2.24, 2.45) is 5.92 Å². The van der Waals surface area contributed by atoms with Crippen molar-refractivity contribution in [3.8, 4) is 0 Å². The Bertz CT molecular complexity index is 495. The highest BCUT2D eigenvalue weighted by molar-refractivity contribution is 7.91. The maximum Gasteiger partial charge on any atom is 0.178 e. The first-order valence-corrected chi connectivity index (χ1v) is 9.25. The average Bonchev–Trinajstić information content (AvgIpc) is 2.43. The van der Waals surface area contributed by atoms with Crippen molar-refractivity contribution in [2.45, 2.75) is 38.5 Å². The van der Waals surface area contributed by atoms with E-state index in [0.717, 1.165) is 31.9 Å². The molecule has 0 aliphatic rings. The minimum Gasteiger partial charge on any atom is -0.385 e. The molecule has 1 aromatic carbocycles. The fourth-order valence-electron chi connectivity index (χ4n) is 1.89. The second kappa shape index (κ2) is 9.05. The molecule has 0 bridgehead atoms. The first kappa shape index (κ1) is 18.0. The van der Waals surface area contributed by atoms with E-state index >= 15 is 0 Å². The molecular formula is C16H27NO3S. The third kappa shape index (κ3) is 6.96. The summed E-state index contributed by atoms with van der Waals surface area (Å²) in [6.07, 6.45) is 1.57. The van der Waals surface area contributed by atoms with Gasteiger partial charge in [-0.3, -0.25) is 0 Å². The number of ether oxygens (including phenoxy) is 1. The van der Waals surface area contributed by atoms with Crippen molar-refractivity contribution in [3.05, 3.63) is 24.3 Å². The van der Waals surface area contributed by atoms with Gasteiger partial charge >= 0.3 is 0 Å². The van der Waals surface area contributed by atoms with Crippen LogP contribution >= 0.6 is 0 Å². The smallest absolute Gasteiger partial charge is 0.178 e. The molecule has 0 spiro atoms. The van der Waals surface area contributed by atoms with E-state index in [1.807, 2.05) is 19.1 Å². The van der Waals surface area contributed by atoms with Crippen LogP contribution in [0.25, 0.3) is 0 Å². The summed E-state index contributed by atoms with van der Waals surface area (Å²) in [5.74, 6) is 0.767. The molecule has 120 valence electrons. The molecule has 1 rings (SSSR count). The zero-order valence-electron chi connectivity index (χ0n) is 13.3. The fourth-order valence-corrected chi connectivity index (χ4v) is 3.22. The predicted molar refractivity (Wildman–Crippen MR) is 87.5 cm³/mol. The number of hydrogen-bond donors (Lipinski definition) is 1. The highest BCUT2D eigenvalue weighted by Crippen LogP contribution is 2.16. The van der Waals surface area contributed by atoms with Crippen LogP contribution in [0.5, 0.6) is 0 Å². The van der Waals surface area contributed by atoms with Crippen LogP contribution in [0.3, 0.4) is 0 Å². The van der Waals surface area contributed by atoms with Crippen molar-refractivity contribution < 1.29 is 13.2 Å². The largest absolute Gasteiger partial charge is 0.385 e. The van der Waals surface area contributed by atoms with Crippen LogP contribution in [-0.4, -0.2) is 33.9 Å². The summed E-state index contributed by atoms with van der Waals surface area (Å²) in [5, 5.41) is 3.27. The summed E-state index contributed by atoms with van der Waals surface area (Å²) < 4.78 is 29.3. The molecular weight excluding hydrogens is 286 g/mol. The predicted octanol–water partition coefficient (Wildman–Crippen LogP) is 3.34. The van der Waals surface area contributed by atoms with Gasteiger partial charge in [0.15, 0.2) is 9.84 Å². The number of nitrogens with one attached hydrogen (secondary N) is 1. The van der Waals surface area contributed by atoms with Crippen molar-refractivity contribution >= 4 is 15.5 Å². The Morgan fingerprint density at radius 1 is 1.19 bits per heavy atom. The van der Waals surface area contributed by atoms with E-state index in [9.17, 15) is 8.42 Å². The maximum absolute atomic E-state index is 11.9. The molecule has 1 aromatic rings. The van der Waals surface area contributed by atoms with Crippen LogP contribution in [0.15, 0.2) is 29.2 Å². The van der Waals surface area contributed by atoms with Gasteiger partial charge in [0.25, 0.3) is 0 Å². The number of sulfone groups is 1. The number of benzene rings is 1. The zero-order valence-corrected chi connectivity index (χ0v) is 14.1. The highest BCUT2D eigenvalue weighted by atomic mass is 32.2. The van der Waals surface area contributed by atoms with E-state index in [0.29, 0.717) is 17.2 Å². The molecule has 0 aliphatic carbocycles. The molecule has 1 N–H and O–H groups in total. The lowest BCUT2D eigenvalue weighted by atomic mass is 10.2. The molecule has 0 atom stereocenters. The van der Waals surface area contributed by atoms with E-state index in [2.05, 4.69) is 19.2 Å². The third-order valence-corrected chi connectivity index (χ3v) is 4.87.